The molecule has 4 rings (SSSR count). The number of aromatic nitrogens is 6. The van der Waals surface area contributed by atoms with Gasteiger partial charge in [0.15, 0.2) is 17.3 Å². The van der Waals surface area contributed by atoms with Crippen LogP contribution in [0.4, 0.5) is 0 Å². The van der Waals surface area contributed by atoms with Gasteiger partial charge in [-0.25, -0.2) is 4.98 Å². The van der Waals surface area contributed by atoms with Gasteiger partial charge in [0.05, 0.1) is 11.3 Å². The first kappa shape index (κ1) is 16.7. The Labute approximate surface area is 156 Å². The lowest BCUT2D eigenvalue weighted by atomic mass is 10.1. The fourth-order valence-electron chi connectivity index (χ4n) is 3.12. The van der Waals surface area contributed by atoms with Crippen molar-refractivity contribution in [2.75, 3.05) is 0 Å². The molecular weight excluding hydrogens is 338 g/mol. The lowest BCUT2D eigenvalue weighted by Gasteiger charge is -2.03. The Morgan fingerprint density at radius 3 is 2.67 bits per heavy atom. The zero-order valence-electron chi connectivity index (χ0n) is 15.2. The Balaban J connectivity index is 1.78. The third-order valence-electron chi connectivity index (χ3n) is 4.46. The van der Waals surface area contributed by atoms with Gasteiger partial charge in [0.2, 0.25) is 0 Å². The molecule has 0 saturated carbocycles. The van der Waals surface area contributed by atoms with Crippen LogP contribution >= 0.6 is 0 Å². The molecular formula is C20H17N7. The molecule has 3 aromatic heterocycles. The predicted molar refractivity (Wildman–Crippen MR) is 103 cm³/mol. The average Bonchev–Trinajstić information content (AvgIpc) is 3.20. The van der Waals surface area contributed by atoms with Crippen LogP contribution in [0.25, 0.3) is 34.1 Å². The molecule has 0 aliphatic carbocycles. The maximum absolute atomic E-state index is 9.68. The van der Waals surface area contributed by atoms with Gasteiger partial charge in [-0.15, -0.1) is 10.2 Å². The first-order chi connectivity index (χ1) is 13.1. The lowest BCUT2D eigenvalue weighted by Crippen LogP contribution is -1.98. The topological polar surface area (TPSA) is 85.2 Å². The molecule has 0 atom stereocenters. The van der Waals surface area contributed by atoms with Gasteiger partial charge in [0, 0.05) is 31.2 Å². The van der Waals surface area contributed by atoms with E-state index in [1.54, 1.807) is 17.0 Å². The third-order valence-corrected chi connectivity index (χ3v) is 4.46. The van der Waals surface area contributed by atoms with Crippen LogP contribution in [0.15, 0.2) is 42.6 Å². The summed E-state index contributed by atoms with van der Waals surface area (Å²) in [6, 6.07) is 14.0. The molecule has 3 heterocycles. The summed E-state index contributed by atoms with van der Waals surface area (Å²) in [6.45, 7) is 1.94. The number of rotatable bonds is 3. The number of hydrogen-bond acceptors (Lipinski definition) is 5. The number of nitriles is 1. The molecule has 0 saturated heterocycles. The van der Waals surface area contributed by atoms with E-state index < -0.39 is 0 Å². The molecule has 0 bridgehead atoms. The largest absolute Gasteiger partial charge is 0.310 e. The molecule has 0 spiro atoms. The highest BCUT2D eigenvalue weighted by atomic mass is 15.3. The van der Waals surface area contributed by atoms with Crippen molar-refractivity contribution < 1.29 is 0 Å². The summed E-state index contributed by atoms with van der Waals surface area (Å²) in [4.78, 5) is 4.46. The second-order valence-electron chi connectivity index (χ2n) is 6.29. The summed E-state index contributed by atoms with van der Waals surface area (Å²) in [7, 11) is 3.72. The van der Waals surface area contributed by atoms with Gasteiger partial charge < -0.3 is 4.57 Å². The van der Waals surface area contributed by atoms with Gasteiger partial charge in [-0.1, -0.05) is 30.3 Å². The molecule has 0 unspecified atom stereocenters. The number of benzene rings is 1. The Bertz CT molecular complexity index is 1210. The van der Waals surface area contributed by atoms with Gasteiger partial charge >= 0.3 is 0 Å². The zero-order valence-corrected chi connectivity index (χ0v) is 15.2. The number of hydrogen-bond donors (Lipinski definition) is 0. The lowest BCUT2D eigenvalue weighted by molar-refractivity contribution is 0.774. The molecule has 0 aliphatic rings. The van der Waals surface area contributed by atoms with Crippen molar-refractivity contribution in [3.8, 4) is 17.5 Å². The number of nitrogens with zero attached hydrogens (tertiary/aromatic N) is 7. The van der Waals surface area contributed by atoms with E-state index in [-0.39, 0.29) is 0 Å². The van der Waals surface area contributed by atoms with Crippen molar-refractivity contribution in [2.45, 2.75) is 6.92 Å². The standard InChI is InChI=1S/C20H17N7/c1-13-17-10-14(12-22-20(17)27(3)25-13)9-16(11-21)19-24-23-18(26(19)2)15-7-5-4-6-8-15/h4-10,12H,1-3H3/b16-9-. The summed E-state index contributed by atoms with van der Waals surface area (Å²) in [5.41, 5.74) is 3.91. The maximum atomic E-state index is 9.68. The molecule has 1 aromatic carbocycles. The summed E-state index contributed by atoms with van der Waals surface area (Å²) < 4.78 is 3.57. The first-order valence-electron chi connectivity index (χ1n) is 8.45. The van der Waals surface area contributed by atoms with Crippen molar-refractivity contribution >= 4 is 22.7 Å². The van der Waals surface area contributed by atoms with E-state index in [2.05, 4.69) is 26.3 Å². The first-order valence-corrected chi connectivity index (χ1v) is 8.45. The van der Waals surface area contributed by atoms with E-state index in [9.17, 15) is 5.26 Å². The fourth-order valence-corrected chi connectivity index (χ4v) is 3.12. The van der Waals surface area contributed by atoms with Crippen LogP contribution in [0.1, 0.15) is 17.1 Å². The zero-order chi connectivity index (χ0) is 19.0. The Morgan fingerprint density at radius 2 is 1.93 bits per heavy atom. The highest BCUT2D eigenvalue weighted by Gasteiger charge is 2.15. The Hall–Kier alpha value is -3.79. The molecule has 0 fully saturated rings. The van der Waals surface area contributed by atoms with Gasteiger partial charge in [0.1, 0.15) is 6.07 Å². The smallest absolute Gasteiger partial charge is 0.174 e. The number of fused-ring (bicyclic) bond motifs is 1. The average molecular weight is 355 g/mol. The predicted octanol–water partition coefficient (Wildman–Crippen LogP) is 3.14. The molecule has 132 valence electrons. The summed E-state index contributed by atoms with van der Waals surface area (Å²) in [5.74, 6) is 1.22. The van der Waals surface area contributed by atoms with E-state index >= 15 is 0 Å². The third kappa shape index (κ3) is 2.87. The van der Waals surface area contributed by atoms with Crippen LogP contribution in [0, 0.1) is 18.3 Å². The monoisotopic (exact) mass is 355 g/mol. The van der Waals surface area contributed by atoms with Crippen LogP contribution in [-0.4, -0.2) is 29.5 Å². The Kier molecular flexibility index (Phi) is 4.01. The highest BCUT2D eigenvalue weighted by molar-refractivity contribution is 5.90. The molecule has 7 nitrogen and oxygen atoms in total. The number of aryl methyl sites for hydroxylation is 2. The van der Waals surface area contributed by atoms with E-state index in [0.717, 1.165) is 27.9 Å². The second-order valence-corrected chi connectivity index (χ2v) is 6.29. The van der Waals surface area contributed by atoms with Gasteiger partial charge in [-0.3, -0.25) is 4.68 Å². The van der Waals surface area contributed by atoms with E-state index in [0.29, 0.717) is 17.2 Å². The summed E-state index contributed by atoms with van der Waals surface area (Å²) in [6.07, 6.45) is 3.51. The van der Waals surface area contributed by atoms with Crippen molar-refractivity contribution in [3.05, 3.63) is 59.7 Å². The van der Waals surface area contributed by atoms with E-state index in [4.69, 9.17) is 0 Å². The minimum atomic E-state index is 0.426. The van der Waals surface area contributed by atoms with Gasteiger partial charge in [-0.2, -0.15) is 10.4 Å². The van der Waals surface area contributed by atoms with Crippen molar-refractivity contribution in [1.29, 1.82) is 5.26 Å². The van der Waals surface area contributed by atoms with Crippen LogP contribution in [0.2, 0.25) is 0 Å². The quantitative estimate of drug-likeness (QED) is 0.527. The minimum absolute atomic E-state index is 0.426. The highest BCUT2D eigenvalue weighted by Crippen LogP contribution is 2.23. The SMILES string of the molecule is Cc1nn(C)c2ncc(/C=C(/C#N)c3nnc(-c4ccccc4)n3C)cc12. The molecule has 0 N–H and O–H groups in total. The van der Waals surface area contributed by atoms with Gasteiger partial charge in [-0.05, 0) is 24.6 Å². The fraction of sp³-hybridized carbons (Fsp3) is 0.150. The maximum Gasteiger partial charge on any atom is 0.174 e. The molecule has 4 aromatic rings. The molecule has 7 heteroatoms. The molecule has 27 heavy (non-hydrogen) atoms. The summed E-state index contributed by atoms with van der Waals surface area (Å²) >= 11 is 0. The van der Waals surface area contributed by atoms with Crippen LogP contribution in [-0.2, 0) is 14.1 Å². The van der Waals surface area contributed by atoms with Crippen LogP contribution in [0.5, 0.6) is 0 Å². The van der Waals surface area contributed by atoms with Gasteiger partial charge in [0.25, 0.3) is 0 Å². The number of pyridine rings is 1. The summed E-state index contributed by atoms with van der Waals surface area (Å²) in [5, 5.41) is 23.5. The Morgan fingerprint density at radius 1 is 1.15 bits per heavy atom. The van der Waals surface area contributed by atoms with Crippen LogP contribution in [0.3, 0.4) is 0 Å². The molecule has 0 amide bonds. The normalized spacial score (nSPS) is 11.7. The number of allylic oxidation sites excluding steroid dienone is 1. The molecule has 0 aliphatic heterocycles. The van der Waals surface area contributed by atoms with Crippen molar-refractivity contribution in [3.63, 3.8) is 0 Å². The van der Waals surface area contributed by atoms with Crippen LogP contribution < -0.4 is 0 Å². The minimum Gasteiger partial charge on any atom is -0.310 e. The van der Waals surface area contributed by atoms with Crippen molar-refractivity contribution in [1.82, 2.24) is 29.5 Å². The van der Waals surface area contributed by atoms with Crippen molar-refractivity contribution in [2.24, 2.45) is 14.1 Å². The molecule has 0 radical (unpaired) electrons. The van der Waals surface area contributed by atoms with E-state index in [1.807, 2.05) is 62.0 Å². The second kappa shape index (κ2) is 6.50. The van der Waals surface area contributed by atoms with E-state index in [1.165, 1.54) is 0 Å².